The summed E-state index contributed by atoms with van der Waals surface area (Å²) < 4.78 is 13.1. The quantitative estimate of drug-likeness (QED) is 0.0987. The van der Waals surface area contributed by atoms with Gasteiger partial charge in [0.15, 0.2) is 0 Å². The molecule has 0 radical (unpaired) electrons. The average molecular weight is 876 g/mol. The molecule has 58 heavy (non-hydrogen) atoms. The van der Waals surface area contributed by atoms with Crippen molar-refractivity contribution in [1.82, 2.24) is 19.9 Å². The molecule has 7 rings (SSSR count). The SMILES string of the molecule is Cc1cc(/C=C/C#N)cc(C)c1-c1cccc2c(N)nc(Cl)nc12.Cc1cc(/C=C/C#N)cc(C)c1B1OC(C)(C)C(C)(C)O1.Nc1nc(Cl)nc2c(Br)cccc12. The van der Waals surface area contributed by atoms with Gasteiger partial charge in [0, 0.05) is 33.0 Å². The Kier molecular flexibility index (Phi) is 13.6. The lowest BCUT2D eigenvalue weighted by atomic mass is 9.73. The van der Waals surface area contributed by atoms with E-state index in [9.17, 15) is 0 Å². The standard InChI is InChI=1S/C19H15ClN4.C17H22BNO2.C8H5BrClN3/c1-11-9-13(5-4-8-21)10-12(2)16(11)14-6-3-7-15-17(14)23-19(20)24-18(15)22;1-12-10-14(8-7-9-19)11-13(2)15(12)18-20-16(3,4)17(5,6)21-18;9-5-3-1-2-4-6(5)12-8(10)13-7(4)11/h3-7,9-10H,1-2H3,(H2,22,23,24);7-8,10-11H,1-6H3;1-3H,(H2,11,12,13)/b5-4+;8-7+;. The van der Waals surface area contributed by atoms with Gasteiger partial charge in [-0.3, -0.25) is 0 Å². The second kappa shape index (κ2) is 18.1. The number of benzene rings is 4. The highest BCUT2D eigenvalue weighted by Crippen LogP contribution is 2.38. The molecule has 1 aliphatic rings. The van der Waals surface area contributed by atoms with Crippen molar-refractivity contribution in [2.24, 2.45) is 0 Å². The minimum atomic E-state index is -0.344. The van der Waals surface area contributed by atoms with Crippen molar-refractivity contribution < 1.29 is 9.31 Å². The number of rotatable bonds is 4. The Morgan fingerprint density at radius 3 is 1.59 bits per heavy atom. The van der Waals surface area contributed by atoms with Gasteiger partial charge in [-0.15, -0.1) is 0 Å². The van der Waals surface area contributed by atoms with Crippen molar-refractivity contribution in [3.05, 3.63) is 121 Å². The number of nitrogen functional groups attached to an aromatic ring is 2. The van der Waals surface area contributed by atoms with Crippen molar-refractivity contribution in [1.29, 1.82) is 10.5 Å². The maximum absolute atomic E-state index is 8.69. The monoisotopic (exact) mass is 874 g/mol. The first-order chi connectivity index (χ1) is 27.4. The molecule has 4 N–H and O–H groups in total. The van der Waals surface area contributed by atoms with Crippen LogP contribution in [0, 0.1) is 50.4 Å². The summed E-state index contributed by atoms with van der Waals surface area (Å²) >= 11 is 15.0. The van der Waals surface area contributed by atoms with E-state index in [2.05, 4.69) is 89.5 Å². The predicted octanol–water partition coefficient (Wildman–Crippen LogP) is 10.5. The predicted molar refractivity (Wildman–Crippen MR) is 241 cm³/mol. The Balaban J connectivity index is 0.000000173. The number of halogens is 3. The van der Waals surface area contributed by atoms with E-state index in [1.165, 1.54) is 12.2 Å². The van der Waals surface area contributed by atoms with Gasteiger partial charge < -0.3 is 20.8 Å². The van der Waals surface area contributed by atoms with Gasteiger partial charge >= 0.3 is 7.12 Å². The van der Waals surface area contributed by atoms with Gasteiger partial charge in [0.1, 0.15) is 11.6 Å². The molecule has 0 bridgehead atoms. The summed E-state index contributed by atoms with van der Waals surface area (Å²) in [4.78, 5) is 16.3. The maximum Gasteiger partial charge on any atom is 0.495 e. The first-order valence-electron chi connectivity index (χ1n) is 18.2. The van der Waals surface area contributed by atoms with Crippen molar-refractivity contribution in [3.8, 4) is 23.3 Å². The molecule has 1 aliphatic heterocycles. The summed E-state index contributed by atoms with van der Waals surface area (Å²) in [6, 6.07) is 23.7. The summed E-state index contributed by atoms with van der Waals surface area (Å²) in [5, 5.41) is 19.2. The molecule has 4 aromatic carbocycles. The third kappa shape index (κ3) is 9.67. The van der Waals surface area contributed by atoms with Crippen LogP contribution in [0.5, 0.6) is 0 Å². The Bertz CT molecular complexity index is 2630. The van der Waals surface area contributed by atoms with Crippen LogP contribution >= 0.6 is 39.1 Å². The molecule has 3 heterocycles. The van der Waals surface area contributed by atoms with Gasteiger partial charge in [0.25, 0.3) is 0 Å². The van der Waals surface area contributed by atoms with Gasteiger partial charge in [-0.25, -0.2) is 19.9 Å². The maximum atomic E-state index is 8.69. The van der Waals surface area contributed by atoms with E-state index in [-0.39, 0.29) is 28.9 Å². The van der Waals surface area contributed by atoms with Crippen molar-refractivity contribution in [2.75, 3.05) is 11.5 Å². The zero-order chi connectivity index (χ0) is 42.5. The number of allylic oxidation sites excluding steroid dienone is 2. The minimum absolute atomic E-state index is 0.135. The van der Waals surface area contributed by atoms with Crippen LogP contribution in [0.2, 0.25) is 10.6 Å². The van der Waals surface area contributed by atoms with E-state index in [4.69, 9.17) is 54.5 Å². The third-order valence-corrected chi connectivity index (χ3v) is 11.0. The Morgan fingerprint density at radius 2 is 1.10 bits per heavy atom. The van der Waals surface area contributed by atoms with Gasteiger partial charge in [-0.1, -0.05) is 53.6 Å². The number of hydrogen-bond acceptors (Lipinski definition) is 10. The summed E-state index contributed by atoms with van der Waals surface area (Å²) in [6.07, 6.45) is 6.57. The molecule has 0 unspecified atom stereocenters. The molecule has 0 saturated carbocycles. The minimum Gasteiger partial charge on any atom is -0.399 e. The Morgan fingerprint density at radius 1 is 0.672 bits per heavy atom. The summed E-state index contributed by atoms with van der Waals surface area (Å²) in [6.45, 7) is 16.4. The van der Waals surface area contributed by atoms with Crippen LogP contribution in [0.25, 0.3) is 45.1 Å². The second-order valence-corrected chi connectivity index (χ2v) is 16.2. The fraction of sp³-hybridized carbons (Fsp3) is 0.227. The topological polar surface area (TPSA) is 170 Å². The molecular weight excluding hydrogens is 834 g/mol. The number of fused-ring (bicyclic) bond motifs is 2. The van der Waals surface area contributed by atoms with Crippen LogP contribution in [0.4, 0.5) is 11.6 Å². The first kappa shape index (κ1) is 43.8. The highest BCUT2D eigenvalue weighted by molar-refractivity contribution is 9.10. The van der Waals surface area contributed by atoms with Crippen LogP contribution in [0.3, 0.4) is 0 Å². The molecule has 10 nitrogen and oxygen atoms in total. The van der Waals surface area contributed by atoms with E-state index in [0.717, 1.165) is 76.2 Å². The second-order valence-electron chi connectivity index (χ2n) is 14.7. The molecule has 294 valence electrons. The lowest BCUT2D eigenvalue weighted by molar-refractivity contribution is 0.00578. The highest BCUT2D eigenvalue weighted by atomic mass is 79.9. The number of aromatic nitrogens is 4. The molecule has 1 fully saturated rings. The van der Waals surface area contributed by atoms with E-state index in [1.54, 1.807) is 6.08 Å². The molecule has 0 amide bonds. The van der Waals surface area contributed by atoms with E-state index in [1.807, 2.05) is 80.6 Å². The van der Waals surface area contributed by atoms with Gasteiger partial charge in [0.05, 0.1) is 34.4 Å². The number of nitrogens with two attached hydrogens (primary N) is 2. The van der Waals surface area contributed by atoms with Crippen LogP contribution in [-0.4, -0.2) is 38.3 Å². The fourth-order valence-electron chi connectivity index (χ4n) is 6.68. The van der Waals surface area contributed by atoms with Crippen molar-refractivity contribution in [2.45, 2.75) is 66.6 Å². The molecule has 6 aromatic rings. The largest absolute Gasteiger partial charge is 0.495 e. The first-order valence-corrected chi connectivity index (χ1v) is 19.7. The molecule has 0 atom stereocenters. The normalized spacial score (nSPS) is 14.2. The Hall–Kier alpha value is -5.34. The molecule has 2 aromatic heterocycles. The van der Waals surface area contributed by atoms with Gasteiger partial charge in [-0.05, 0) is 158 Å². The third-order valence-electron chi connectivity index (χ3n) is 10.0. The number of hydrogen-bond donors (Lipinski definition) is 2. The van der Waals surface area contributed by atoms with Gasteiger partial charge in [0.2, 0.25) is 10.6 Å². The number of nitrogens with zero attached hydrogens (tertiary/aromatic N) is 6. The molecule has 0 aliphatic carbocycles. The number of nitriles is 2. The fourth-order valence-corrected chi connectivity index (χ4v) is 7.49. The van der Waals surface area contributed by atoms with Crippen molar-refractivity contribution in [3.63, 3.8) is 0 Å². The number of aryl methyl sites for hydroxylation is 4. The molecule has 14 heteroatoms. The van der Waals surface area contributed by atoms with E-state index >= 15 is 0 Å². The number of anilines is 2. The zero-order valence-electron chi connectivity index (χ0n) is 33.4. The van der Waals surface area contributed by atoms with E-state index in [0.29, 0.717) is 11.6 Å². The Labute approximate surface area is 357 Å². The molecular formula is C44H42BBrCl2N8O2. The van der Waals surface area contributed by atoms with Crippen LogP contribution in [0.15, 0.2) is 77.3 Å². The lowest BCUT2D eigenvalue weighted by Crippen LogP contribution is -2.41. The van der Waals surface area contributed by atoms with Crippen LogP contribution in [0.1, 0.15) is 61.1 Å². The molecule has 0 spiro atoms. The molecule has 1 saturated heterocycles. The smallest absolute Gasteiger partial charge is 0.399 e. The summed E-state index contributed by atoms with van der Waals surface area (Å²) in [5.74, 6) is 0.770. The van der Waals surface area contributed by atoms with Gasteiger partial charge in [-0.2, -0.15) is 10.5 Å². The van der Waals surface area contributed by atoms with Crippen LogP contribution < -0.4 is 16.9 Å². The zero-order valence-corrected chi connectivity index (χ0v) is 36.5. The van der Waals surface area contributed by atoms with Crippen molar-refractivity contribution >= 4 is 97.3 Å². The lowest BCUT2D eigenvalue weighted by Gasteiger charge is -2.32. The summed E-state index contributed by atoms with van der Waals surface area (Å²) in [5.41, 5.74) is 22.0. The highest BCUT2D eigenvalue weighted by Gasteiger charge is 2.52. The summed E-state index contributed by atoms with van der Waals surface area (Å²) in [7, 11) is -0.344. The average Bonchev–Trinajstić information content (AvgIpc) is 3.35. The van der Waals surface area contributed by atoms with E-state index < -0.39 is 0 Å². The van der Waals surface area contributed by atoms with Crippen LogP contribution in [-0.2, 0) is 9.31 Å². The number of para-hydroxylation sites is 2.